The molecule has 12 heteroatoms. The maximum atomic E-state index is 12.5. The van der Waals surface area contributed by atoms with E-state index in [1.165, 1.54) is 25.5 Å². The molecule has 0 aliphatic rings. The molecular weight excluding hydrogens is 438 g/mol. The minimum Gasteiger partial charge on any atom is -0.396 e. The van der Waals surface area contributed by atoms with Crippen LogP contribution in [0.2, 0.25) is 0 Å². The summed E-state index contributed by atoms with van der Waals surface area (Å²) in [5.41, 5.74) is 2.72. The zero-order valence-corrected chi connectivity index (χ0v) is 18.2. The molecule has 0 radical (unpaired) electrons. The van der Waals surface area contributed by atoms with Gasteiger partial charge in [-0.25, -0.2) is 5.43 Å². The lowest BCUT2D eigenvalue weighted by atomic mass is 10.1. The first kappa shape index (κ1) is 24.7. The topological polar surface area (TPSA) is 160 Å². The van der Waals surface area contributed by atoms with Crippen LogP contribution in [0.4, 0.5) is 5.69 Å². The summed E-state index contributed by atoms with van der Waals surface area (Å²) in [6.45, 7) is 1.26. The number of amides is 1. The van der Waals surface area contributed by atoms with Crippen molar-refractivity contribution in [2.24, 2.45) is 5.10 Å². The molecule has 1 amide bonds. The van der Waals surface area contributed by atoms with Crippen molar-refractivity contribution < 1.29 is 19.6 Å². The highest BCUT2D eigenvalue weighted by Gasteiger charge is 2.16. The standard InChI is InChI=1S/C20H21N5O6S/c1-13-7-15(12-31-2)16(9-21)20(28)24(13)11-19(27)23-22-10-14-3-4-18(32-6-5-26)17(8-14)25(29)30/h3-4,7-8,10,26H,5-6,11-12H2,1-2H3,(H,23,27)/b22-10-. The number of carbonyl (C=O) groups excluding carboxylic acids is 1. The first-order valence-electron chi connectivity index (χ1n) is 9.28. The molecule has 0 aliphatic carbocycles. The van der Waals surface area contributed by atoms with Crippen LogP contribution in [-0.4, -0.2) is 46.2 Å². The largest absolute Gasteiger partial charge is 0.396 e. The number of nitro benzene ring substituents is 1. The first-order chi connectivity index (χ1) is 15.3. The summed E-state index contributed by atoms with van der Waals surface area (Å²) in [6, 6.07) is 7.88. The van der Waals surface area contributed by atoms with Crippen molar-refractivity contribution >= 4 is 29.6 Å². The number of nitriles is 1. The second-order valence-electron chi connectivity index (χ2n) is 6.47. The molecule has 0 spiro atoms. The number of benzene rings is 1. The normalized spacial score (nSPS) is 10.8. The number of nitro groups is 1. The number of ether oxygens (including phenoxy) is 1. The fourth-order valence-electron chi connectivity index (χ4n) is 2.81. The van der Waals surface area contributed by atoms with Gasteiger partial charge in [-0.1, -0.05) is 6.07 Å². The SMILES string of the molecule is COCc1cc(C)n(CC(=O)N/N=C\c2ccc(SCCO)c([N+](=O)[O-])c2)c(=O)c1C#N. The number of pyridine rings is 1. The van der Waals surface area contributed by atoms with Gasteiger partial charge in [0.25, 0.3) is 17.2 Å². The molecule has 0 atom stereocenters. The highest BCUT2D eigenvalue weighted by Crippen LogP contribution is 2.29. The minimum absolute atomic E-state index is 0.0970. The van der Waals surface area contributed by atoms with Crippen molar-refractivity contribution in [3.8, 4) is 6.07 Å². The Labute approximate surface area is 187 Å². The molecule has 0 aliphatic heterocycles. The number of carbonyl (C=O) groups is 1. The van der Waals surface area contributed by atoms with Crippen LogP contribution in [0.25, 0.3) is 0 Å². The van der Waals surface area contributed by atoms with Crippen molar-refractivity contribution in [3.05, 3.63) is 67.1 Å². The number of hydrogen-bond acceptors (Lipinski definition) is 9. The molecule has 1 heterocycles. The number of rotatable bonds is 10. The Morgan fingerprint density at radius 1 is 1.47 bits per heavy atom. The zero-order valence-electron chi connectivity index (χ0n) is 17.4. The van der Waals surface area contributed by atoms with E-state index in [1.54, 1.807) is 19.1 Å². The van der Waals surface area contributed by atoms with Gasteiger partial charge in [0.1, 0.15) is 18.2 Å². The van der Waals surface area contributed by atoms with Crippen molar-refractivity contribution in [2.75, 3.05) is 19.5 Å². The lowest BCUT2D eigenvalue weighted by Crippen LogP contribution is -2.33. The van der Waals surface area contributed by atoms with Crippen LogP contribution in [0.5, 0.6) is 0 Å². The summed E-state index contributed by atoms with van der Waals surface area (Å²) in [6.07, 6.45) is 1.24. The molecule has 168 valence electrons. The molecule has 1 aromatic carbocycles. The van der Waals surface area contributed by atoms with E-state index in [-0.39, 0.29) is 31.0 Å². The van der Waals surface area contributed by atoms with Gasteiger partial charge in [0, 0.05) is 35.7 Å². The molecule has 2 N–H and O–H groups in total. The minimum atomic E-state index is -0.612. The number of aromatic nitrogens is 1. The van der Waals surface area contributed by atoms with Crippen molar-refractivity contribution in [3.63, 3.8) is 0 Å². The van der Waals surface area contributed by atoms with Gasteiger partial charge in [-0.15, -0.1) is 11.8 Å². The average Bonchev–Trinajstić information content (AvgIpc) is 2.76. The van der Waals surface area contributed by atoms with E-state index < -0.39 is 16.4 Å². The van der Waals surface area contributed by atoms with Crippen LogP contribution in [0.1, 0.15) is 22.4 Å². The Bertz CT molecular complexity index is 1140. The predicted molar refractivity (Wildman–Crippen MR) is 118 cm³/mol. The van der Waals surface area contributed by atoms with Crippen molar-refractivity contribution in [2.45, 2.75) is 25.0 Å². The van der Waals surface area contributed by atoms with E-state index in [2.05, 4.69) is 10.5 Å². The monoisotopic (exact) mass is 459 g/mol. The van der Waals surface area contributed by atoms with E-state index in [1.807, 2.05) is 6.07 Å². The number of hydrogen-bond donors (Lipinski definition) is 2. The maximum absolute atomic E-state index is 12.5. The second kappa shape index (κ2) is 11.8. The highest BCUT2D eigenvalue weighted by molar-refractivity contribution is 7.99. The van der Waals surface area contributed by atoms with Gasteiger partial charge in [0.2, 0.25) is 0 Å². The maximum Gasteiger partial charge on any atom is 0.283 e. The van der Waals surface area contributed by atoms with Gasteiger partial charge in [-0.2, -0.15) is 10.4 Å². The number of aryl methyl sites for hydroxylation is 1. The zero-order chi connectivity index (χ0) is 23.7. The van der Waals surface area contributed by atoms with E-state index in [9.17, 15) is 25.0 Å². The Hall–Kier alpha value is -3.53. The Morgan fingerprint density at radius 2 is 2.22 bits per heavy atom. The van der Waals surface area contributed by atoms with E-state index in [0.717, 1.165) is 16.3 Å². The number of aliphatic hydroxyl groups is 1. The third kappa shape index (κ3) is 6.24. The smallest absolute Gasteiger partial charge is 0.283 e. The molecular formula is C20H21N5O6S. The number of hydrazone groups is 1. The first-order valence-corrected chi connectivity index (χ1v) is 10.3. The second-order valence-corrected chi connectivity index (χ2v) is 7.61. The summed E-state index contributed by atoms with van der Waals surface area (Å²) >= 11 is 1.15. The molecule has 2 aromatic rings. The molecule has 11 nitrogen and oxygen atoms in total. The fraction of sp³-hybridized carbons (Fsp3) is 0.300. The van der Waals surface area contributed by atoms with Crippen molar-refractivity contribution in [1.29, 1.82) is 5.26 Å². The Balaban J connectivity index is 2.14. The average molecular weight is 459 g/mol. The van der Waals surface area contributed by atoms with Gasteiger partial charge in [-0.05, 0) is 19.1 Å². The van der Waals surface area contributed by atoms with Gasteiger partial charge in [0.05, 0.1) is 29.2 Å². The van der Waals surface area contributed by atoms with Crippen LogP contribution in [0.3, 0.4) is 0 Å². The van der Waals surface area contributed by atoms with E-state index in [4.69, 9.17) is 9.84 Å². The fourth-order valence-corrected chi connectivity index (χ4v) is 3.57. The number of aliphatic hydroxyl groups excluding tert-OH is 1. The molecule has 0 saturated carbocycles. The summed E-state index contributed by atoms with van der Waals surface area (Å²) in [4.78, 5) is 35.9. The van der Waals surface area contributed by atoms with Crippen LogP contribution in [0, 0.1) is 28.4 Å². The van der Waals surface area contributed by atoms with Gasteiger partial charge in [0.15, 0.2) is 0 Å². The van der Waals surface area contributed by atoms with Gasteiger partial charge in [-0.3, -0.25) is 19.7 Å². The van der Waals surface area contributed by atoms with Crippen molar-refractivity contribution in [1.82, 2.24) is 9.99 Å². The Kier molecular flexibility index (Phi) is 9.08. The van der Waals surface area contributed by atoms with E-state index in [0.29, 0.717) is 27.5 Å². The highest BCUT2D eigenvalue weighted by atomic mass is 32.2. The Morgan fingerprint density at radius 3 is 2.84 bits per heavy atom. The lowest BCUT2D eigenvalue weighted by Gasteiger charge is -2.12. The third-order valence-corrected chi connectivity index (χ3v) is 5.28. The van der Waals surface area contributed by atoms with Crippen LogP contribution < -0.4 is 11.0 Å². The van der Waals surface area contributed by atoms with Gasteiger partial charge >= 0.3 is 0 Å². The quantitative estimate of drug-likeness (QED) is 0.233. The summed E-state index contributed by atoms with van der Waals surface area (Å²) in [5.74, 6) is -0.289. The number of nitrogens with one attached hydrogen (secondary N) is 1. The predicted octanol–water partition coefficient (Wildman–Crippen LogP) is 1.32. The third-order valence-electron chi connectivity index (χ3n) is 4.23. The van der Waals surface area contributed by atoms with E-state index >= 15 is 0 Å². The number of thioether (sulfide) groups is 1. The molecule has 0 bridgehead atoms. The molecule has 1 aromatic heterocycles. The number of methoxy groups -OCH3 is 1. The molecule has 0 saturated heterocycles. The molecule has 32 heavy (non-hydrogen) atoms. The molecule has 2 rings (SSSR count). The molecule has 0 fully saturated rings. The lowest BCUT2D eigenvalue weighted by molar-refractivity contribution is -0.387. The van der Waals surface area contributed by atoms with Gasteiger partial charge < -0.3 is 14.4 Å². The van der Waals surface area contributed by atoms with Crippen LogP contribution in [-0.2, 0) is 22.7 Å². The summed E-state index contributed by atoms with van der Waals surface area (Å²) in [7, 11) is 1.45. The summed E-state index contributed by atoms with van der Waals surface area (Å²) < 4.78 is 6.15. The summed E-state index contributed by atoms with van der Waals surface area (Å²) in [5, 5.41) is 33.2. The van der Waals surface area contributed by atoms with Crippen LogP contribution in [0.15, 0.2) is 39.1 Å². The number of nitrogens with zero attached hydrogens (tertiary/aromatic N) is 4. The van der Waals surface area contributed by atoms with Crippen LogP contribution >= 0.6 is 11.8 Å². The molecule has 0 unspecified atom stereocenters.